The third kappa shape index (κ3) is 53.8. The first-order chi connectivity index (χ1) is 62.2. The number of ketones is 4. The van der Waals surface area contributed by atoms with Gasteiger partial charge in [0.2, 0.25) is 0 Å². The van der Waals surface area contributed by atoms with E-state index in [0.717, 1.165) is 168 Å². The van der Waals surface area contributed by atoms with Crippen molar-refractivity contribution in [1.82, 2.24) is 0 Å². The summed E-state index contributed by atoms with van der Waals surface area (Å²) < 4.78 is 31.7. The van der Waals surface area contributed by atoms with Crippen molar-refractivity contribution in [1.29, 1.82) is 10.5 Å². The van der Waals surface area contributed by atoms with Crippen LogP contribution in [0.2, 0.25) is 0 Å². The molecule has 6 saturated carbocycles. The topological polar surface area (TPSA) is 455 Å². The van der Waals surface area contributed by atoms with Crippen LogP contribution in [-0.2, 0) is 92.4 Å². The fraction of sp³-hybridized carbons (Fsp3) is 0.654. The number of hydrogen-bond acceptors (Lipinski definition) is 24. The summed E-state index contributed by atoms with van der Waals surface area (Å²) in [4.78, 5) is 157. The molecule has 29 heteroatoms. The van der Waals surface area contributed by atoms with Gasteiger partial charge in [0, 0.05) is 15.7 Å². The Morgan fingerprint density at radius 1 is 0.383 bits per heavy atom. The number of allylic oxidation sites excluding steroid dienone is 4. The summed E-state index contributed by atoms with van der Waals surface area (Å²) in [7, 11) is 0. The Bertz CT molecular complexity index is 4020. The van der Waals surface area contributed by atoms with Gasteiger partial charge in [-0.1, -0.05) is 54.8 Å². The minimum Gasteiger partial charge on any atom is -0.481 e. The Balaban J connectivity index is 0.000000749. The number of ether oxygens (including phenoxy) is 6. The third-order valence-corrected chi connectivity index (χ3v) is 24.4. The molecule has 0 saturated heterocycles. The second kappa shape index (κ2) is 62.7. The summed E-state index contributed by atoms with van der Waals surface area (Å²) in [6.07, 6.45) is 34.1. The number of aliphatic carboxylic acids is 3. The highest BCUT2D eigenvalue weighted by Crippen LogP contribution is 2.39. The zero-order chi connectivity index (χ0) is 101. The molecule has 133 heavy (non-hydrogen) atoms. The normalized spacial score (nSPS) is 23.1. The molecule has 0 amide bonds. The molecule has 0 atom stereocenters. The van der Waals surface area contributed by atoms with E-state index < -0.39 is 58.5 Å². The number of nitrogens with two attached hydrogens (primary N) is 2. The number of cyclic esters (lactones) is 2. The highest BCUT2D eigenvalue weighted by atomic mass is 127. The second-order valence-corrected chi connectivity index (χ2v) is 41.8. The van der Waals surface area contributed by atoms with Gasteiger partial charge in [0.25, 0.3) is 0 Å². The van der Waals surface area contributed by atoms with Crippen LogP contribution in [0.1, 0.15) is 324 Å². The summed E-state index contributed by atoms with van der Waals surface area (Å²) in [5.74, 6) is -1.75. The number of carbonyl (C=O) groups is 14. The summed E-state index contributed by atoms with van der Waals surface area (Å²) in [5, 5.41) is 42.8. The molecule has 2 aromatic carbocycles. The van der Waals surface area contributed by atoms with E-state index in [4.69, 9.17) is 61.0 Å². The number of nitriles is 2. The number of carboxylic acids is 3. The molecule has 1 aliphatic heterocycles. The van der Waals surface area contributed by atoms with E-state index in [0.29, 0.717) is 78.8 Å². The lowest BCUT2D eigenvalue weighted by atomic mass is 9.77. The van der Waals surface area contributed by atoms with E-state index in [1.165, 1.54) is 50.0 Å². The number of carboxylic acid groups (broad SMARTS) is 3. The van der Waals surface area contributed by atoms with Gasteiger partial charge in [-0.15, -0.1) is 13.2 Å². The van der Waals surface area contributed by atoms with Gasteiger partial charge < -0.3 is 55.2 Å². The largest absolute Gasteiger partial charge is 0.481 e. The van der Waals surface area contributed by atoms with Crippen molar-refractivity contribution in [3.8, 4) is 12.1 Å². The molecule has 0 unspecified atom stereocenters. The molecule has 1 heterocycles. The van der Waals surface area contributed by atoms with E-state index in [2.05, 4.69) is 76.3 Å². The monoisotopic (exact) mass is 2030 g/mol. The number of halogens is 2. The van der Waals surface area contributed by atoms with Gasteiger partial charge in [0.1, 0.15) is 28.0 Å². The minimum atomic E-state index is -0.724. The molecule has 6 fully saturated rings. The first kappa shape index (κ1) is 122. The van der Waals surface area contributed by atoms with Crippen LogP contribution in [-0.4, -0.2) is 145 Å². The highest BCUT2D eigenvalue weighted by Gasteiger charge is 2.38. The van der Waals surface area contributed by atoms with Crippen LogP contribution in [0.3, 0.4) is 0 Å². The lowest BCUT2D eigenvalue weighted by molar-refractivity contribution is -0.162. The first-order valence-corrected chi connectivity index (χ1v) is 49.2. The SMILES string of the molecule is C=C.CC(C)(C)OC(=O)C1CCC(CC2C(=O)C=CC2=O)CC1.CC(C)(C)OC(=O)C1CCC(CN)CC1.CC(C)(C)OC(=O)c1ccc(CC#N)cc1.CC(C)(C)OC(=O)c1ccc(I)cc1.CCC1CCC(C(=O)O)CC1.CCC1CCC(C(=O)OC(C)(C)C)CC1.N#CCBr.NCC1CCC(C(=O)O)CC1.O=C(O)C1CCC(CC2C(=O)C=CC2=O)CC1.O=C1C=CC(=O)O1. The zero-order valence-corrected chi connectivity index (χ0v) is 85.8. The van der Waals surface area contributed by atoms with Gasteiger partial charge in [-0.25, -0.2) is 19.2 Å². The molecule has 9 aliphatic rings. The molecule has 742 valence electrons. The summed E-state index contributed by atoms with van der Waals surface area (Å²) in [6.45, 7) is 40.1. The molecule has 7 N–H and O–H groups in total. The van der Waals surface area contributed by atoms with E-state index in [1.807, 2.05) is 122 Å². The minimum absolute atomic E-state index is 0.0112. The molecule has 0 spiro atoms. The van der Waals surface area contributed by atoms with Gasteiger partial charge in [-0.05, 0) is 408 Å². The number of rotatable bonds is 17. The van der Waals surface area contributed by atoms with Crippen molar-refractivity contribution >= 4 is 121 Å². The predicted molar refractivity (Wildman–Crippen MR) is 522 cm³/mol. The maximum atomic E-state index is 12.0. The molecule has 0 aromatic heterocycles. The van der Waals surface area contributed by atoms with Crippen molar-refractivity contribution < 1.29 is 111 Å². The fourth-order valence-electron chi connectivity index (χ4n) is 16.0. The van der Waals surface area contributed by atoms with Gasteiger partial charge in [-0.3, -0.25) is 47.9 Å². The molecule has 0 bridgehead atoms. The number of alkyl halides is 1. The maximum Gasteiger partial charge on any atom is 0.338 e. The third-order valence-electron chi connectivity index (χ3n) is 23.5. The van der Waals surface area contributed by atoms with Crippen LogP contribution >= 0.6 is 38.5 Å². The first-order valence-electron chi connectivity index (χ1n) is 47.0. The van der Waals surface area contributed by atoms with Gasteiger partial charge in [0.15, 0.2) is 23.1 Å². The Hall–Kier alpha value is -8.91. The van der Waals surface area contributed by atoms with E-state index in [1.54, 1.807) is 36.4 Å². The van der Waals surface area contributed by atoms with Crippen LogP contribution in [0.5, 0.6) is 0 Å². The summed E-state index contributed by atoms with van der Waals surface area (Å²) in [5.41, 5.74) is 11.0. The van der Waals surface area contributed by atoms with Crippen LogP contribution in [0.25, 0.3) is 0 Å². The number of esters is 7. The van der Waals surface area contributed by atoms with E-state index in [-0.39, 0.29) is 99.7 Å². The Morgan fingerprint density at radius 2 is 0.617 bits per heavy atom. The van der Waals surface area contributed by atoms with Crippen molar-refractivity contribution in [3.05, 3.63) is 118 Å². The van der Waals surface area contributed by atoms with Crippen LogP contribution < -0.4 is 11.5 Å². The average Bonchev–Trinajstić information content (AvgIpc) is 1.73. The van der Waals surface area contributed by atoms with Crippen molar-refractivity contribution in [3.63, 3.8) is 0 Å². The van der Waals surface area contributed by atoms with Crippen LogP contribution in [0.15, 0.2) is 98.1 Å². The second-order valence-electron chi connectivity index (χ2n) is 40.0. The predicted octanol–water partition coefficient (Wildman–Crippen LogP) is 20.5. The Labute approximate surface area is 812 Å². The van der Waals surface area contributed by atoms with E-state index >= 15 is 0 Å². The van der Waals surface area contributed by atoms with Crippen LogP contribution in [0.4, 0.5) is 0 Å². The number of carbonyl (C=O) groups excluding carboxylic acids is 11. The van der Waals surface area contributed by atoms with Crippen molar-refractivity contribution in [2.45, 2.75) is 332 Å². The number of nitrogens with zero attached hydrogens (tertiary/aromatic N) is 2. The Morgan fingerprint density at radius 3 is 0.820 bits per heavy atom. The molecule has 2 aromatic rings. The molecular weight excluding hydrogens is 1880 g/mol. The zero-order valence-electron chi connectivity index (χ0n) is 82.0. The molecular formula is C104H154BrIN4O23. The molecule has 11 rings (SSSR count). The Kier molecular flexibility index (Phi) is 57.5. The smallest absolute Gasteiger partial charge is 0.338 e. The summed E-state index contributed by atoms with van der Waals surface area (Å²) in [6, 6.07) is 18.1. The molecule has 8 aliphatic carbocycles. The van der Waals surface area contributed by atoms with Crippen molar-refractivity contribution in [2.75, 3.05) is 18.4 Å². The molecule has 27 nitrogen and oxygen atoms in total. The quantitative estimate of drug-likeness (QED) is 0.0245. The number of benzene rings is 2. The van der Waals surface area contributed by atoms with Gasteiger partial charge in [-0.2, -0.15) is 10.5 Å². The highest BCUT2D eigenvalue weighted by molar-refractivity contribution is 14.1. The van der Waals surface area contributed by atoms with E-state index in [9.17, 15) is 67.1 Å². The fourth-order valence-corrected chi connectivity index (χ4v) is 16.3. The summed E-state index contributed by atoms with van der Waals surface area (Å²) >= 11 is 5.08. The van der Waals surface area contributed by atoms with Gasteiger partial charge >= 0.3 is 59.7 Å². The lowest BCUT2D eigenvalue weighted by Crippen LogP contribution is -2.32. The average molecular weight is 2040 g/mol. The lowest BCUT2D eigenvalue weighted by Gasteiger charge is -2.30. The van der Waals surface area contributed by atoms with Crippen LogP contribution in [0, 0.1) is 109 Å². The van der Waals surface area contributed by atoms with Gasteiger partial charge in [0.05, 0.1) is 82.4 Å². The standard InChI is InChI=1S/C17H24O4.C13H15NO2.C13H16O4.C13H24O2.C12H23NO2.C11H13IO2.C9H16O2.C8H15NO2.C4H2O3.C2H2BrN.C2H4/c1-17(2,3)21-16(20)12-6-4-11(5-7-12)10-13-14(18)8-9-15(13)19;1-13(2,3)16-12(15)11-6-4-10(5-7-11)8-9-14;14-11-5-6-12(15)10(11)7-8-1-3-9(4-2-8)13(16)17;1-5-10-6-8-11(9-7-10)12(14)15-13(2,3)4;1-12(2,3)15-11(14)10-6-4-9(8-13)5-7-10;1-11(2,3)14-10(13)8-4-6-9(12)7-5-8;1-2-7-3-5-8(6-4-7)9(10)11;9-5-6-1-3-7(4-2-6)8(10)11;5-3-1-2-4(6)7-3;3-1-2-4;1-2/h8-9,11-13H,4-7,10H2,1-3H3;4-7H,8H2,1-3H3;5-6,8-10H,1-4,7H2,(H,16,17);10-11H,5-9H2,1-4H3;9-10H,4-8,13H2,1-3H3;4-7H,1-3H3;7-8H,2-6H2,1H3,(H,10,11);6-7H,1-5,9H2,(H,10,11);1-2H;1H2;1-2H2. The maximum absolute atomic E-state index is 12.0. The van der Waals surface area contributed by atoms with Crippen molar-refractivity contribution in [2.24, 2.45) is 94.3 Å². The molecule has 0 radical (unpaired) electrons. The number of hydrogen-bond donors (Lipinski definition) is 5.